The van der Waals surface area contributed by atoms with Gasteiger partial charge in [-0.15, -0.1) is 17.0 Å². The molecule has 0 saturated carbocycles. The Labute approximate surface area is 296 Å². The van der Waals surface area contributed by atoms with E-state index in [1.165, 1.54) is 18.3 Å². The molecule has 16 heteroatoms. The van der Waals surface area contributed by atoms with Crippen molar-refractivity contribution >= 4 is 49.5 Å². The summed E-state index contributed by atoms with van der Waals surface area (Å²) >= 11 is 0. The molecule has 0 unspecified atom stereocenters. The van der Waals surface area contributed by atoms with Crippen LogP contribution < -0.4 is 18.9 Å². The van der Waals surface area contributed by atoms with Crippen LogP contribution >= 0.6 is 17.0 Å². The maximum absolute atomic E-state index is 13.6. The number of ether oxygens (including phenoxy) is 3. The average Bonchev–Trinajstić information content (AvgIpc) is 3.69. The van der Waals surface area contributed by atoms with Gasteiger partial charge < -0.3 is 23.7 Å². The Kier molecular flexibility index (Phi) is 9.70. The van der Waals surface area contributed by atoms with Crippen molar-refractivity contribution in [3.8, 4) is 23.1 Å². The number of aryl methyl sites for hydroxylation is 1. The number of hydrogen-bond acceptors (Lipinski definition) is 8. The van der Waals surface area contributed by atoms with Crippen molar-refractivity contribution in [2.24, 2.45) is 7.05 Å². The predicted octanol–water partition coefficient (Wildman–Crippen LogP) is 6.45. The maximum Gasteiger partial charge on any atom is 0.416 e. The summed E-state index contributed by atoms with van der Waals surface area (Å²) < 4.78 is 84.8. The van der Waals surface area contributed by atoms with Gasteiger partial charge >= 0.3 is 6.18 Å². The number of hydrogen-bond donors (Lipinski definition) is 1. The smallest absolute Gasteiger partial charge is 0.416 e. The topological polar surface area (TPSA) is 115 Å². The van der Waals surface area contributed by atoms with Gasteiger partial charge in [-0.05, 0) is 72.3 Å². The minimum Gasteiger partial charge on any atom is -0.454 e. The molecule has 0 radical (unpaired) electrons. The van der Waals surface area contributed by atoms with Crippen LogP contribution in [-0.4, -0.2) is 66.6 Å². The van der Waals surface area contributed by atoms with Crippen LogP contribution in [0.4, 0.5) is 18.9 Å². The van der Waals surface area contributed by atoms with Crippen LogP contribution in [0.2, 0.25) is 0 Å². The molecule has 11 nitrogen and oxygen atoms in total. The monoisotopic (exact) mass is 773 g/mol. The molecule has 5 aromatic rings. The molecule has 2 aliphatic heterocycles. The van der Waals surface area contributed by atoms with Crippen molar-refractivity contribution in [3.63, 3.8) is 0 Å². The van der Waals surface area contributed by atoms with Gasteiger partial charge in [0.2, 0.25) is 12.7 Å². The third kappa shape index (κ3) is 7.37. The van der Waals surface area contributed by atoms with Crippen molar-refractivity contribution in [2.45, 2.75) is 17.6 Å². The second-order valence-electron chi connectivity index (χ2n) is 11.7. The fourth-order valence-corrected chi connectivity index (χ4v) is 6.87. The number of halogens is 4. The third-order valence-corrected chi connectivity index (χ3v) is 9.84. The SMILES string of the molecule is Br.Cn1c(C(=O)N2CCN(Cc3ccc4c(c3)OCO4)CC2)cc2cc(Oc3ccc(NS(=O)(=O)c4ccc(C(F)(F)F)cc4)cn3)ccc21. The molecule has 1 fully saturated rings. The van der Waals surface area contributed by atoms with E-state index in [1.54, 1.807) is 12.1 Å². The van der Waals surface area contributed by atoms with E-state index < -0.39 is 21.8 Å². The lowest BCUT2D eigenvalue weighted by atomic mass is 10.1. The van der Waals surface area contributed by atoms with Crippen molar-refractivity contribution in [2.75, 3.05) is 37.7 Å². The molecule has 1 saturated heterocycles. The highest BCUT2D eigenvalue weighted by molar-refractivity contribution is 8.93. The number of rotatable bonds is 8. The van der Waals surface area contributed by atoms with Gasteiger partial charge in [-0.2, -0.15) is 13.2 Å². The molecular weight excluding hydrogens is 743 g/mol. The highest BCUT2D eigenvalue weighted by Crippen LogP contribution is 2.34. The molecule has 7 rings (SSSR count). The van der Waals surface area contributed by atoms with Gasteiger partial charge in [0.15, 0.2) is 11.5 Å². The first-order valence-corrected chi connectivity index (χ1v) is 16.7. The zero-order valence-corrected chi connectivity index (χ0v) is 29.0. The highest BCUT2D eigenvalue weighted by atomic mass is 79.9. The number of pyridine rings is 1. The van der Waals surface area contributed by atoms with Crippen LogP contribution in [0.25, 0.3) is 10.9 Å². The summed E-state index contributed by atoms with van der Waals surface area (Å²) in [6.45, 7) is 3.67. The molecule has 0 atom stereocenters. The molecule has 50 heavy (non-hydrogen) atoms. The van der Waals surface area contributed by atoms with Crippen LogP contribution in [0.1, 0.15) is 21.6 Å². The number of nitrogens with zero attached hydrogens (tertiary/aromatic N) is 4. The van der Waals surface area contributed by atoms with Crippen molar-refractivity contribution in [1.82, 2.24) is 19.4 Å². The standard InChI is InChI=1S/C34H30F3N5O6S.BrH/c1-40-28-9-6-26(48-32-11-5-25(19-38-32)39-49(44,45)27-7-3-24(4-8-27)34(35,36)37)17-23(28)18-29(40)33(43)42-14-12-41(13-15-42)20-22-2-10-30-31(16-22)47-21-46-30;/h2-11,16-19,39H,12-15,20-21H2,1H3;1H. The van der Waals surface area contributed by atoms with Crippen LogP contribution in [-0.2, 0) is 29.8 Å². The summed E-state index contributed by atoms with van der Waals surface area (Å²) in [5.74, 6) is 2.10. The number of benzene rings is 3. The van der Waals surface area contributed by atoms with Crippen molar-refractivity contribution < 1.29 is 40.6 Å². The highest BCUT2D eigenvalue weighted by Gasteiger charge is 2.31. The first-order chi connectivity index (χ1) is 23.4. The second-order valence-corrected chi connectivity index (χ2v) is 13.4. The van der Waals surface area contributed by atoms with Gasteiger partial charge in [-0.3, -0.25) is 14.4 Å². The number of piperazine rings is 1. The maximum atomic E-state index is 13.6. The Balaban J connectivity index is 0.00000432. The largest absolute Gasteiger partial charge is 0.454 e. The third-order valence-electron chi connectivity index (χ3n) is 8.44. The number of aromatic nitrogens is 2. The molecule has 1 N–H and O–H groups in total. The average molecular weight is 775 g/mol. The van der Waals surface area contributed by atoms with E-state index in [4.69, 9.17) is 14.2 Å². The van der Waals surface area contributed by atoms with Gasteiger partial charge in [-0.25, -0.2) is 13.4 Å². The van der Waals surface area contributed by atoms with Gasteiger partial charge in [-0.1, -0.05) is 6.07 Å². The number of alkyl halides is 3. The molecule has 2 aliphatic rings. The summed E-state index contributed by atoms with van der Waals surface area (Å²) in [6, 6.07) is 19.2. The molecule has 0 spiro atoms. The number of carbonyl (C=O) groups is 1. The number of amides is 1. The van der Waals surface area contributed by atoms with E-state index in [-0.39, 0.29) is 46.1 Å². The summed E-state index contributed by atoms with van der Waals surface area (Å²) in [4.78, 5) is 21.6. The van der Waals surface area contributed by atoms with Crippen molar-refractivity contribution in [1.29, 1.82) is 0 Å². The Bertz CT molecular complexity index is 2140. The summed E-state index contributed by atoms with van der Waals surface area (Å²) in [5, 5.41) is 0.797. The number of carbonyl (C=O) groups excluding carboxylic acids is 1. The molecule has 2 aromatic heterocycles. The van der Waals surface area contributed by atoms with Crippen LogP contribution in [0.15, 0.2) is 90.0 Å². The fourth-order valence-electron chi connectivity index (χ4n) is 5.82. The van der Waals surface area contributed by atoms with E-state index >= 15 is 0 Å². The lowest BCUT2D eigenvalue weighted by Crippen LogP contribution is -2.48. The number of anilines is 1. The van der Waals surface area contributed by atoms with Crippen LogP contribution in [0, 0.1) is 0 Å². The van der Waals surface area contributed by atoms with Crippen LogP contribution in [0.5, 0.6) is 23.1 Å². The number of sulfonamides is 1. The summed E-state index contributed by atoms with van der Waals surface area (Å²) in [6.07, 6.45) is -3.34. The lowest BCUT2D eigenvalue weighted by molar-refractivity contribution is -0.137. The number of fused-ring (bicyclic) bond motifs is 2. The first kappa shape index (κ1) is 35.0. The van der Waals surface area contributed by atoms with Crippen LogP contribution in [0.3, 0.4) is 0 Å². The molecule has 262 valence electrons. The molecule has 0 bridgehead atoms. The zero-order valence-electron chi connectivity index (χ0n) is 26.5. The molecule has 0 aliphatic carbocycles. The first-order valence-electron chi connectivity index (χ1n) is 15.3. The number of nitrogens with one attached hydrogen (secondary N) is 1. The van der Waals surface area contributed by atoms with E-state index in [1.807, 2.05) is 46.8 Å². The Morgan fingerprint density at radius 3 is 2.36 bits per heavy atom. The summed E-state index contributed by atoms with van der Waals surface area (Å²) in [7, 11) is -2.30. The molecule has 1 amide bonds. The van der Waals surface area contributed by atoms with E-state index in [0.29, 0.717) is 36.7 Å². The lowest BCUT2D eigenvalue weighted by Gasteiger charge is -2.34. The van der Waals surface area contributed by atoms with Gasteiger partial charge in [0, 0.05) is 56.7 Å². The Morgan fingerprint density at radius 1 is 0.920 bits per heavy atom. The van der Waals surface area contributed by atoms with E-state index in [2.05, 4.69) is 14.6 Å². The molecule has 4 heterocycles. The predicted molar refractivity (Wildman–Crippen MR) is 184 cm³/mol. The van der Waals surface area contributed by atoms with E-state index in [9.17, 15) is 26.4 Å². The second kappa shape index (κ2) is 13.8. The minimum absolute atomic E-state index is 0. The molecule has 3 aromatic carbocycles. The fraction of sp³-hybridized carbons (Fsp3) is 0.235. The Hall–Kier alpha value is -4.80. The van der Waals surface area contributed by atoms with Gasteiger partial charge in [0.1, 0.15) is 11.4 Å². The summed E-state index contributed by atoms with van der Waals surface area (Å²) in [5.41, 5.74) is 1.68. The Morgan fingerprint density at radius 2 is 1.66 bits per heavy atom. The zero-order chi connectivity index (χ0) is 34.3. The molecular formula is C34H31BrF3N5O6S. The minimum atomic E-state index is -4.58. The normalized spacial score (nSPS) is 14.8. The van der Waals surface area contributed by atoms with Crippen molar-refractivity contribution in [3.05, 3.63) is 102 Å². The van der Waals surface area contributed by atoms with Gasteiger partial charge in [0.25, 0.3) is 15.9 Å². The van der Waals surface area contributed by atoms with Gasteiger partial charge in [0.05, 0.1) is 22.3 Å². The van der Waals surface area contributed by atoms with E-state index in [0.717, 1.165) is 59.7 Å². The quantitative estimate of drug-likeness (QED) is 0.192.